The Kier molecular flexibility index (Phi) is 5.61. The van der Waals surface area contributed by atoms with Crippen molar-refractivity contribution in [2.24, 2.45) is 0 Å². The summed E-state index contributed by atoms with van der Waals surface area (Å²) in [6.07, 6.45) is 0. The predicted octanol–water partition coefficient (Wildman–Crippen LogP) is 3.80. The first-order valence-electron chi connectivity index (χ1n) is 8.34. The summed E-state index contributed by atoms with van der Waals surface area (Å²) >= 11 is 0. The second-order valence-electron chi connectivity index (χ2n) is 5.91. The molecule has 3 aromatic rings. The van der Waals surface area contributed by atoms with Gasteiger partial charge >= 0.3 is 0 Å². The number of anilines is 2. The second-order valence-corrected chi connectivity index (χ2v) is 5.91. The Bertz CT molecular complexity index is 945. The number of nitrogens with zero attached hydrogens (tertiary/aromatic N) is 2. The highest BCUT2D eigenvalue weighted by Gasteiger charge is 2.12. The highest BCUT2D eigenvalue weighted by Crippen LogP contribution is 2.25. The van der Waals surface area contributed by atoms with E-state index in [1.807, 2.05) is 19.1 Å². The average molecular weight is 366 g/mol. The van der Waals surface area contributed by atoms with Crippen molar-refractivity contribution in [3.05, 3.63) is 77.2 Å². The van der Waals surface area contributed by atoms with Gasteiger partial charge in [-0.2, -0.15) is 0 Å². The molecule has 27 heavy (non-hydrogen) atoms. The zero-order valence-corrected chi connectivity index (χ0v) is 15.0. The van der Waals surface area contributed by atoms with Crippen molar-refractivity contribution in [3.8, 4) is 5.75 Å². The Morgan fingerprint density at radius 1 is 1.11 bits per heavy atom. The van der Waals surface area contributed by atoms with Gasteiger partial charge in [-0.1, -0.05) is 24.3 Å². The molecule has 0 spiro atoms. The van der Waals surface area contributed by atoms with Crippen molar-refractivity contribution in [1.82, 2.24) is 10.2 Å². The molecule has 138 valence electrons. The molecule has 2 aromatic carbocycles. The molecule has 0 bridgehead atoms. The SMILES string of the molecule is COc1ccc(C)cc1NC(=O)c1ccc(NCc2ccccc2F)nn1. The van der Waals surface area contributed by atoms with Crippen LogP contribution in [0.5, 0.6) is 5.75 Å². The summed E-state index contributed by atoms with van der Waals surface area (Å²) in [5, 5.41) is 13.6. The molecular formula is C20H19FN4O2. The first-order valence-corrected chi connectivity index (χ1v) is 8.34. The van der Waals surface area contributed by atoms with Crippen molar-refractivity contribution in [2.45, 2.75) is 13.5 Å². The number of benzene rings is 2. The van der Waals surface area contributed by atoms with Crippen LogP contribution in [0, 0.1) is 12.7 Å². The van der Waals surface area contributed by atoms with Gasteiger partial charge in [0, 0.05) is 12.1 Å². The van der Waals surface area contributed by atoms with Crippen molar-refractivity contribution in [3.63, 3.8) is 0 Å². The number of hydrogen-bond acceptors (Lipinski definition) is 5. The first kappa shape index (κ1) is 18.3. The van der Waals surface area contributed by atoms with Gasteiger partial charge in [-0.25, -0.2) is 4.39 Å². The number of amides is 1. The minimum Gasteiger partial charge on any atom is -0.495 e. The molecule has 0 aliphatic carbocycles. The molecule has 0 aliphatic heterocycles. The summed E-state index contributed by atoms with van der Waals surface area (Å²) in [5.74, 6) is 0.320. The van der Waals surface area contributed by atoms with E-state index in [0.29, 0.717) is 22.8 Å². The Hall–Kier alpha value is -3.48. The van der Waals surface area contributed by atoms with E-state index in [4.69, 9.17) is 4.74 Å². The van der Waals surface area contributed by atoms with Crippen LogP contribution in [0.25, 0.3) is 0 Å². The van der Waals surface area contributed by atoms with Gasteiger partial charge in [0.2, 0.25) is 0 Å². The van der Waals surface area contributed by atoms with Gasteiger partial charge in [0.25, 0.3) is 5.91 Å². The number of carbonyl (C=O) groups excluding carboxylic acids is 1. The third-order valence-electron chi connectivity index (χ3n) is 3.92. The normalized spacial score (nSPS) is 10.3. The predicted molar refractivity (Wildman–Crippen MR) is 101 cm³/mol. The first-order chi connectivity index (χ1) is 13.1. The monoisotopic (exact) mass is 366 g/mol. The molecule has 7 heteroatoms. The molecule has 2 N–H and O–H groups in total. The molecule has 0 aliphatic rings. The highest BCUT2D eigenvalue weighted by molar-refractivity contribution is 6.03. The van der Waals surface area contributed by atoms with E-state index in [-0.39, 0.29) is 18.1 Å². The third kappa shape index (κ3) is 4.58. The lowest BCUT2D eigenvalue weighted by Gasteiger charge is -2.11. The van der Waals surface area contributed by atoms with E-state index in [2.05, 4.69) is 20.8 Å². The van der Waals surface area contributed by atoms with Crippen LogP contribution in [-0.4, -0.2) is 23.2 Å². The van der Waals surface area contributed by atoms with Crippen LogP contribution in [-0.2, 0) is 6.54 Å². The maximum Gasteiger partial charge on any atom is 0.276 e. The number of nitrogens with one attached hydrogen (secondary N) is 2. The summed E-state index contributed by atoms with van der Waals surface area (Å²) < 4.78 is 18.9. The molecule has 0 saturated heterocycles. The Balaban J connectivity index is 1.65. The van der Waals surface area contributed by atoms with Crippen LogP contribution >= 0.6 is 0 Å². The summed E-state index contributed by atoms with van der Waals surface area (Å²) in [5.41, 5.74) is 2.23. The quantitative estimate of drug-likeness (QED) is 0.694. The zero-order valence-electron chi connectivity index (χ0n) is 15.0. The number of rotatable bonds is 6. The smallest absolute Gasteiger partial charge is 0.276 e. The molecule has 1 heterocycles. The van der Waals surface area contributed by atoms with Crippen LogP contribution in [0.3, 0.4) is 0 Å². The maximum absolute atomic E-state index is 13.6. The fourth-order valence-electron chi connectivity index (χ4n) is 2.48. The van der Waals surface area contributed by atoms with E-state index in [1.54, 1.807) is 36.4 Å². The van der Waals surface area contributed by atoms with Crippen LogP contribution in [0.15, 0.2) is 54.6 Å². The van der Waals surface area contributed by atoms with Gasteiger partial charge in [-0.15, -0.1) is 10.2 Å². The lowest BCUT2D eigenvalue weighted by molar-refractivity contribution is 0.102. The van der Waals surface area contributed by atoms with Crippen LogP contribution in [0.1, 0.15) is 21.6 Å². The number of aromatic nitrogens is 2. The van der Waals surface area contributed by atoms with E-state index in [0.717, 1.165) is 5.56 Å². The largest absolute Gasteiger partial charge is 0.495 e. The van der Waals surface area contributed by atoms with Crippen LogP contribution in [0.4, 0.5) is 15.9 Å². The molecule has 0 atom stereocenters. The third-order valence-corrected chi connectivity index (χ3v) is 3.92. The zero-order chi connectivity index (χ0) is 19.2. The number of methoxy groups -OCH3 is 1. The fourth-order valence-corrected chi connectivity index (χ4v) is 2.48. The number of ether oxygens (including phenoxy) is 1. The molecular weight excluding hydrogens is 347 g/mol. The molecule has 6 nitrogen and oxygen atoms in total. The van der Waals surface area contributed by atoms with Crippen LogP contribution in [0.2, 0.25) is 0 Å². The van der Waals surface area contributed by atoms with Crippen LogP contribution < -0.4 is 15.4 Å². The molecule has 0 radical (unpaired) electrons. The average Bonchev–Trinajstić information content (AvgIpc) is 2.68. The summed E-state index contributed by atoms with van der Waals surface area (Å²) in [6.45, 7) is 2.19. The van der Waals surface area contributed by atoms with Crippen molar-refractivity contribution in [2.75, 3.05) is 17.7 Å². The van der Waals surface area contributed by atoms with Crippen molar-refractivity contribution < 1.29 is 13.9 Å². The molecule has 1 aromatic heterocycles. The van der Waals surface area contributed by atoms with Gasteiger partial charge in [0.05, 0.1) is 12.8 Å². The highest BCUT2D eigenvalue weighted by atomic mass is 19.1. The molecule has 1 amide bonds. The summed E-state index contributed by atoms with van der Waals surface area (Å²) in [4.78, 5) is 12.4. The lowest BCUT2D eigenvalue weighted by Crippen LogP contribution is -2.15. The number of hydrogen-bond donors (Lipinski definition) is 2. The minimum absolute atomic E-state index is 0.162. The number of aryl methyl sites for hydroxylation is 1. The summed E-state index contributed by atoms with van der Waals surface area (Å²) in [6, 6.07) is 15.1. The molecule has 0 unspecified atom stereocenters. The Morgan fingerprint density at radius 3 is 2.63 bits per heavy atom. The molecule has 0 fully saturated rings. The topological polar surface area (TPSA) is 76.1 Å². The van der Waals surface area contributed by atoms with Crippen molar-refractivity contribution >= 4 is 17.4 Å². The Labute approximate surface area is 156 Å². The maximum atomic E-state index is 13.6. The van der Waals surface area contributed by atoms with E-state index < -0.39 is 5.91 Å². The van der Waals surface area contributed by atoms with Gasteiger partial charge in [0.1, 0.15) is 17.4 Å². The van der Waals surface area contributed by atoms with Gasteiger partial charge in [0.15, 0.2) is 5.69 Å². The number of carbonyl (C=O) groups is 1. The van der Waals surface area contributed by atoms with Gasteiger partial charge in [-0.05, 0) is 42.8 Å². The lowest BCUT2D eigenvalue weighted by atomic mass is 10.2. The second kappa shape index (κ2) is 8.27. The number of halogens is 1. The van der Waals surface area contributed by atoms with Gasteiger partial charge < -0.3 is 15.4 Å². The van der Waals surface area contributed by atoms with Gasteiger partial charge in [-0.3, -0.25) is 4.79 Å². The van der Waals surface area contributed by atoms with E-state index in [1.165, 1.54) is 13.2 Å². The molecule has 3 rings (SSSR count). The van der Waals surface area contributed by atoms with Crippen molar-refractivity contribution in [1.29, 1.82) is 0 Å². The minimum atomic E-state index is -0.396. The summed E-state index contributed by atoms with van der Waals surface area (Å²) in [7, 11) is 1.54. The van der Waals surface area contributed by atoms with E-state index in [9.17, 15) is 9.18 Å². The molecule has 0 saturated carbocycles. The standard InChI is InChI=1S/C20H19FN4O2/c1-13-7-9-18(27-2)17(11-13)23-20(26)16-8-10-19(25-24-16)22-12-14-5-3-4-6-15(14)21/h3-11H,12H2,1-2H3,(H,22,25)(H,23,26). The van der Waals surface area contributed by atoms with E-state index >= 15 is 0 Å². The fraction of sp³-hybridized carbons (Fsp3) is 0.150. The Morgan fingerprint density at radius 2 is 1.93 bits per heavy atom.